The highest BCUT2D eigenvalue weighted by molar-refractivity contribution is 6.31. The molecule has 0 aromatic heterocycles. The van der Waals surface area contributed by atoms with Crippen molar-refractivity contribution in [3.63, 3.8) is 0 Å². The number of Topliss-reactive ketones (excluding diaryl/α,β-unsaturated/α-hetero) is 1. The molecule has 0 unspecified atom stereocenters. The Kier molecular flexibility index (Phi) is 5.01. The summed E-state index contributed by atoms with van der Waals surface area (Å²) in [6.45, 7) is 0. The average molecular weight is 500 g/mol. The Morgan fingerprint density at radius 3 is 2.44 bits per heavy atom. The molecule has 8 nitrogen and oxygen atoms in total. The number of nitrogens with zero attached hydrogens (tertiary/aromatic N) is 3. The first-order chi connectivity index (χ1) is 17.4. The molecule has 2 saturated heterocycles. The van der Waals surface area contributed by atoms with Crippen LogP contribution in [0.15, 0.2) is 79.0 Å². The molecule has 3 heterocycles. The number of halogens is 1. The summed E-state index contributed by atoms with van der Waals surface area (Å²) in [5, 5.41) is 11.7. The van der Waals surface area contributed by atoms with E-state index in [1.54, 1.807) is 35.4 Å². The van der Waals surface area contributed by atoms with Crippen LogP contribution in [0.2, 0.25) is 5.02 Å². The monoisotopic (exact) mass is 499 g/mol. The van der Waals surface area contributed by atoms with E-state index in [-0.39, 0.29) is 11.3 Å². The Morgan fingerprint density at radius 1 is 0.917 bits per heavy atom. The molecule has 0 bridgehead atoms. The third-order valence-electron chi connectivity index (χ3n) is 7.14. The molecule has 0 spiro atoms. The van der Waals surface area contributed by atoms with Crippen LogP contribution in [0.25, 0.3) is 6.08 Å². The highest BCUT2D eigenvalue weighted by Gasteiger charge is 2.64. The highest BCUT2D eigenvalue weighted by atomic mass is 35.5. The zero-order chi connectivity index (χ0) is 25.1. The minimum absolute atomic E-state index is 0.113. The van der Waals surface area contributed by atoms with Crippen LogP contribution >= 0.6 is 11.6 Å². The fourth-order valence-corrected chi connectivity index (χ4v) is 5.85. The molecule has 3 aromatic carbocycles. The molecule has 178 valence electrons. The van der Waals surface area contributed by atoms with Gasteiger partial charge in [-0.1, -0.05) is 54.1 Å². The number of non-ortho nitro benzene ring substituents is 1. The summed E-state index contributed by atoms with van der Waals surface area (Å²) in [4.78, 5) is 55.2. The summed E-state index contributed by atoms with van der Waals surface area (Å²) in [6, 6.07) is 17.9. The van der Waals surface area contributed by atoms with Crippen molar-refractivity contribution in [2.45, 2.75) is 12.1 Å². The largest absolute Gasteiger partial charge is 0.358 e. The van der Waals surface area contributed by atoms with Gasteiger partial charge in [0.05, 0.1) is 28.5 Å². The molecule has 0 N–H and O–H groups in total. The van der Waals surface area contributed by atoms with Crippen molar-refractivity contribution in [1.29, 1.82) is 0 Å². The molecule has 0 saturated carbocycles. The smallest absolute Gasteiger partial charge is 0.270 e. The Balaban J connectivity index is 1.50. The third kappa shape index (κ3) is 3.18. The zero-order valence-electron chi connectivity index (χ0n) is 18.7. The fourth-order valence-electron chi connectivity index (χ4n) is 5.67. The molecule has 0 aliphatic carbocycles. The summed E-state index contributed by atoms with van der Waals surface area (Å²) in [5.41, 5.74) is 1.99. The summed E-state index contributed by atoms with van der Waals surface area (Å²) >= 11 is 6.14. The van der Waals surface area contributed by atoms with Crippen LogP contribution in [0.3, 0.4) is 0 Å². The van der Waals surface area contributed by atoms with E-state index < -0.39 is 46.4 Å². The number of hydrogen-bond donors (Lipinski definition) is 0. The normalized spacial score (nSPS) is 23.9. The number of anilines is 1. The van der Waals surface area contributed by atoms with E-state index in [1.807, 2.05) is 30.3 Å². The fraction of sp³-hybridized carbons (Fsp3) is 0.148. The van der Waals surface area contributed by atoms with Crippen LogP contribution in [0.1, 0.15) is 27.5 Å². The number of fused-ring (bicyclic) bond motifs is 5. The van der Waals surface area contributed by atoms with Gasteiger partial charge in [0.1, 0.15) is 6.04 Å². The van der Waals surface area contributed by atoms with Gasteiger partial charge in [0, 0.05) is 28.9 Å². The lowest BCUT2D eigenvalue weighted by Gasteiger charge is -2.35. The quantitative estimate of drug-likeness (QED) is 0.224. The maximum Gasteiger partial charge on any atom is 0.270 e. The van der Waals surface area contributed by atoms with Crippen LogP contribution in [-0.2, 0) is 9.59 Å². The number of hydrogen-bond acceptors (Lipinski definition) is 6. The standard InChI is InChI=1S/C27H18ClN3O5/c28-17-7-4-8-18(14-17)30-26(33)21-22(27(30)34)24(25(32)16-6-3-9-19(13-16)31(35)36)29-12-11-15-5-1-2-10-20(15)23(21)29/h1-14,21-24H/t21-,22-,23-,24+/m1/s1. The molecule has 3 aromatic rings. The van der Waals surface area contributed by atoms with E-state index in [4.69, 9.17) is 11.6 Å². The summed E-state index contributed by atoms with van der Waals surface area (Å²) in [7, 11) is 0. The SMILES string of the molecule is O=C(c1cccc([N+](=O)[O-])c1)[C@@H]1[C@@H]2C(=O)N(c3cccc(Cl)c3)C(=O)[C@H]2[C@H]2c3ccccc3C=CN12. The van der Waals surface area contributed by atoms with Gasteiger partial charge >= 0.3 is 0 Å². The lowest BCUT2D eigenvalue weighted by atomic mass is 9.83. The van der Waals surface area contributed by atoms with Gasteiger partial charge in [-0.2, -0.15) is 0 Å². The van der Waals surface area contributed by atoms with Crippen molar-refractivity contribution in [2.75, 3.05) is 4.90 Å². The highest BCUT2D eigenvalue weighted by Crippen LogP contribution is 2.53. The number of carbonyl (C=O) groups excluding carboxylic acids is 3. The van der Waals surface area contributed by atoms with Gasteiger partial charge in [0.2, 0.25) is 11.8 Å². The first-order valence-electron chi connectivity index (χ1n) is 11.3. The van der Waals surface area contributed by atoms with Crippen molar-refractivity contribution < 1.29 is 19.3 Å². The van der Waals surface area contributed by atoms with Crippen molar-refractivity contribution in [3.8, 4) is 0 Å². The van der Waals surface area contributed by atoms with E-state index in [2.05, 4.69) is 0 Å². The van der Waals surface area contributed by atoms with Gasteiger partial charge in [-0.25, -0.2) is 4.90 Å². The topological polar surface area (TPSA) is 101 Å². The number of imide groups is 1. The van der Waals surface area contributed by atoms with Crippen LogP contribution in [0.5, 0.6) is 0 Å². The van der Waals surface area contributed by atoms with Gasteiger partial charge in [0.25, 0.3) is 5.69 Å². The molecule has 3 aliphatic heterocycles. The van der Waals surface area contributed by atoms with Crippen LogP contribution < -0.4 is 4.90 Å². The van der Waals surface area contributed by atoms with Crippen LogP contribution in [0.4, 0.5) is 11.4 Å². The maximum absolute atomic E-state index is 13.9. The van der Waals surface area contributed by atoms with Crippen molar-refractivity contribution in [1.82, 2.24) is 4.90 Å². The van der Waals surface area contributed by atoms with E-state index in [0.717, 1.165) is 16.0 Å². The Morgan fingerprint density at radius 2 is 1.67 bits per heavy atom. The second-order valence-electron chi connectivity index (χ2n) is 9.00. The van der Waals surface area contributed by atoms with Gasteiger partial charge < -0.3 is 4.90 Å². The van der Waals surface area contributed by atoms with E-state index in [1.165, 1.54) is 24.3 Å². The summed E-state index contributed by atoms with van der Waals surface area (Å²) in [5.74, 6) is -3.12. The lowest BCUT2D eigenvalue weighted by molar-refractivity contribution is -0.384. The second kappa shape index (κ2) is 8.13. The Labute approximate surface area is 210 Å². The molecule has 9 heteroatoms. The van der Waals surface area contributed by atoms with E-state index in [9.17, 15) is 24.5 Å². The zero-order valence-corrected chi connectivity index (χ0v) is 19.4. The Bertz CT molecular complexity index is 1500. The number of benzene rings is 3. The molecular formula is C27H18ClN3O5. The first-order valence-corrected chi connectivity index (χ1v) is 11.7. The number of ketones is 1. The lowest BCUT2D eigenvalue weighted by Crippen LogP contribution is -2.44. The molecule has 6 rings (SSSR count). The van der Waals surface area contributed by atoms with Crippen molar-refractivity contribution >= 4 is 46.6 Å². The van der Waals surface area contributed by atoms with Crippen molar-refractivity contribution in [3.05, 3.63) is 111 Å². The number of nitro benzene ring substituents is 1. The molecule has 0 radical (unpaired) electrons. The predicted molar refractivity (Wildman–Crippen MR) is 132 cm³/mol. The summed E-state index contributed by atoms with van der Waals surface area (Å²) in [6.07, 6.45) is 3.60. The van der Waals surface area contributed by atoms with E-state index in [0.29, 0.717) is 10.7 Å². The number of carbonyl (C=O) groups is 3. The second-order valence-corrected chi connectivity index (χ2v) is 9.43. The molecule has 2 fully saturated rings. The maximum atomic E-state index is 13.9. The minimum atomic E-state index is -1.01. The minimum Gasteiger partial charge on any atom is -0.358 e. The average Bonchev–Trinajstić information content (AvgIpc) is 3.36. The number of nitro groups is 1. The van der Waals surface area contributed by atoms with Gasteiger partial charge in [-0.05, 0) is 35.4 Å². The molecule has 3 aliphatic rings. The van der Waals surface area contributed by atoms with Gasteiger partial charge in [-0.3, -0.25) is 24.5 Å². The Hall–Kier alpha value is -4.30. The molecule has 2 amide bonds. The predicted octanol–water partition coefficient (Wildman–Crippen LogP) is 4.65. The van der Waals surface area contributed by atoms with Crippen molar-refractivity contribution in [2.24, 2.45) is 11.8 Å². The number of amides is 2. The summed E-state index contributed by atoms with van der Waals surface area (Å²) < 4.78 is 0. The van der Waals surface area contributed by atoms with Gasteiger partial charge in [-0.15, -0.1) is 0 Å². The first kappa shape index (κ1) is 22.2. The van der Waals surface area contributed by atoms with Crippen LogP contribution in [-0.4, -0.2) is 33.5 Å². The molecule has 36 heavy (non-hydrogen) atoms. The molecule has 4 atom stereocenters. The number of rotatable bonds is 4. The van der Waals surface area contributed by atoms with Crippen LogP contribution in [0, 0.1) is 22.0 Å². The molecular weight excluding hydrogens is 482 g/mol. The van der Waals surface area contributed by atoms with Gasteiger partial charge in [0.15, 0.2) is 5.78 Å². The van der Waals surface area contributed by atoms with E-state index >= 15 is 0 Å². The third-order valence-corrected chi connectivity index (χ3v) is 7.37.